The minimum absolute atomic E-state index is 0.305. The number of ketones is 1. The number of hydrogen-bond donors (Lipinski definition) is 0. The van der Waals surface area contributed by atoms with Gasteiger partial charge < -0.3 is 14.2 Å². The molecule has 0 bridgehead atoms. The second-order valence-electron chi connectivity index (χ2n) is 6.50. The molecule has 0 amide bonds. The van der Waals surface area contributed by atoms with E-state index in [1.807, 2.05) is 6.92 Å². The second kappa shape index (κ2) is 7.94. The molecule has 0 aromatic rings. The molecule has 0 aromatic heterocycles. The number of unbranched alkanes of at least 4 members (excludes halogenated alkanes) is 2. The van der Waals surface area contributed by atoms with E-state index in [2.05, 4.69) is 11.8 Å². The van der Waals surface area contributed by atoms with Gasteiger partial charge in [-0.3, -0.25) is 4.79 Å². The zero-order valence-corrected chi connectivity index (χ0v) is 14.1. The molecule has 0 aromatic carbocycles. The van der Waals surface area contributed by atoms with Gasteiger partial charge in [0.15, 0.2) is 5.79 Å². The van der Waals surface area contributed by atoms with Gasteiger partial charge in [-0.05, 0) is 19.8 Å². The topological polar surface area (TPSA) is 61.8 Å². The molecule has 2 rings (SSSR count). The molecular weight excluding hydrogens is 296 g/mol. The first-order valence-electron chi connectivity index (χ1n) is 8.47. The normalized spacial score (nSPS) is 25.9. The molecule has 1 unspecified atom stereocenters. The van der Waals surface area contributed by atoms with Crippen LogP contribution >= 0.6 is 0 Å². The van der Waals surface area contributed by atoms with Crippen molar-refractivity contribution in [2.45, 2.75) is 64.6 Å². The SMILES string of the molecule is CCOC(=O)C#CCCCCC1(C)CC2(CCC1=O)OCCO2. The summed E-state index contributed by atoms with van der Waals surface area (Å²) in [6.07, 6.45) is 5.06. The predicted octanol–water partition coefficient (Wildman–Crippen LogP) is 2.62. The molecule has 1 saturated carbocycles. The number of Topliss-reactive ketones (excluding diaryl/α,β-unsaturated/α-hetero) is 1. The fourth-order valence-corrected chi connectivity index (χ4v) is 3.39. The predicted molar refractivity (Wildman–Crippen MR) is 84.5 cm³/mol. The van der Waals surface area contributed by atoms with Crippen molar-refractivity contribution in [1.82, 2.24) is 0 Å². The van der Waals surface area contributed by atoms with Crippen LogP contribution in [-0.4, -0.2) is 37.4 Å². The number of carbonyl (C=O) groups excluding carboxylic acids is 2. The van der Waals surface area contributed by atoms with Crippen LogP contribution in [0.1, 0.15) is 58.8 Å². The maximum Gasteiger partial charge on any atom is 0.384 e. The van der Waals surface area contributed by atoms with Crippen molar-refractivity contribution >= 4 is 11.8 Å². The number of hydrogen-bond acceptors (Lipinski definition) is 5. The maximum absolute atomic E-state index is 12.3. The molecule has 1 atom stereocenters. The van der Waals surface area contributed by atoms with Gasteiger partial charge in [-0.1, -0.05) is 19.3 Å². The van der Waals surface area contributed by atoms with Gasteiger partial charge in [-0.2, -0.15) is 0 Å². The Labute approximate surface area is 138 Å². The lowest BCUT2D eigenvalue weighted by Crippen LogP contribution is -2.46. The molecule has 1 aliphatic carbocycles. The van der Waals surface area contributed by atoms with Crippen molar-refractivity contribution in [3.8, 4) is 11.8 Å². The first kappa shape index (κ1) is 18.0. The average molecular weight is 322 g/mol. The Morgan fingerprint density at radius 1 is 1.30 bits per heavy atom. The van der Waals surface area contributed by atoms with Gasteiger partial charge in [0, 0.05) is 37.0 Å². The van der Waals surface area contributed by atoms with E-state index in [9.17, 15) is 9.59 Å². The van der Waals surface area contributed by atoms with E-state index in [0.717, 1.165) is 19.3 Å². The molecule has 1 heterocycles. The molecule has 128 valence electrons. The third-order valence-electron chi connectivity index (χ3n) is 4.63. The Balaban J connectivity index is 1.77. The lowest BCUT2D eigenvalue weighted by Gasteiger charge is -2.41. The summed E-state index contributed by atoms with van der Waals surface area (Å²) >= 11 is 0. The van der Waals surface area contributed by atoms with Gasteiger partial charge in [0.05, 0.1) is 19.8 Å². The van der Waals surface area contributed by atoms with Crippen LogP contribution in [0, 0.1) is 17.3 Å². The number of rotatable bonds is 5. The van der Waals surface area contributed by atoms with Crippen molar-refractivity contribution in [3.63, 3.8) is 0 Å². The summed E-state index contributed by atoms with van der Waals surface area (Å²) in [5.41, 5.74) is -0.378. The molecule has 2 aliphatic rings. The summed E-state index contributed by atoms with van der Waals surface area (Å²) in [7, 11) is 0. The first-order chi connectivity index (χ1) is 11.0. The quantitative estimate of drug-likeness (QED) is 0.337. The lowest BCUT2D eigenvalue weighted by atomic mass is 9.69. The summed E-state index contributed by atoms with van der Waals surface area (Å²) in [6, 6.07) is 0. The maximum atomic E-state index is 12.3. The Kier molecular flexibility index (Phi) is 6.20. The monoisotopic (exact) mass is 322 g/mol. The van der Waals surface area contributed by atoms with Crippen molar-refractivity contribution in [2.75, 3.05) is 19.8 Å². The van der Waals surface area contributed by atoms with E-state index in [-0.39, 0.29) is 5.41 Å². The number of esters is 1. The van der Waals surface area contributed by atoms with Gasteiger partial charge >= 0.3 is 5.97 Å². The minimum Gasteiger partial charge on any atom is -0.456 e. The van der Waals surface area contributed by atoms with E-state index in [0.29, 0.717) is 51.3 Å². The van der Waals surface area contributed by atoms with Gasteiger partial charge in [0.2, 0.25) is 0 Å². The van der Waals surface area contributed by atoms with Crippen LogP contribution in [0.3, 0.4) is 0 Å². The van der Waals surface area contributed by atoms with E-state index in [1.54, 1.807) is 6.92 Å². The van der Waals surface area contributed by atoms with Crippen molar-refractivity contribution in [2.24, 2.45) is 5.41 Å². The second-order valence-corrected chi connectivity index (χ2v) is 6.50. The number of ether oxygens (including phenoxy) is 3. The molecule has 1 saturated heterocycles. The van der Waals surface area contributed by atoms with Crippen molar-refractivity contribution in [3.05, 3.63) is 0 Å². The zero-order valence-electron chi connectivity index (χ0n) is 14.1. The Bertz CT molecular complexity index is 495. The van der Waals surface area contributed by atoms with Crippen LogP contribution in [-0.2, 0) is 23.8 Å². The van der Waals surface area contributed by atoms with E-state index in [4.69, 9.17) is 14.2 Å². The third-order valence-corrected chi connectivity index (χ3v) is 4.63. The highest BCUT2D eigenvalue weighted by Gasteiger charge is 2.50. The Morgan fingerprint density at radius 2 is 2.04 bits per heavy atom. The van der Waals surface area contributed by atoms with Gasteiger partial charge in [-0.15, -0.1) is 0 Å². The molecule has 5 heteroatoms. The Hall–Kier alpha value is -1.38. The van der Waals surface area contributed by atoms with Crippen LogP contribution in [0.25, 0.3) is 0 Å². The van der Waals surface area contributed by atoms with Crippen LogP contribution < -0.4 is 0 Å². The highest BCUT2D eigenvalue weighted by atomic mass is 16.7. The summed E-state index contributed by atoms with van der Waals surface area (Å²) in [5.74, 6) is 4.58. The third kappa shape index (κ3) is 4.79. The number of carbonyl (C=O) groups is 2. The van der Waals surface area contributed by atoms with Crippen LogP contribution in [0.4, 0.5) is 0 Å². The highest BCUT2D eigenvalue weighted by molar-refractivity contribution is 5.88. The molecule has 1 aliphatic heterocycles. The molecule has 1 spiro atoms. The Morgan fingerprint density at radius 3 is 2.74 bits per heavy atom. The largest absolute Gasteiger partial charge is 0.456 e. The summed E-state index contributed by atoms with van der Waals surface area (Å²) in [6.45, 7) is 5.36. The standard InChI is InChI=1S/C18H26O5/c1-3-21-16(20)8-6-4-5-7-10-17(2)14-18(11-9-15(17)19)22-12-13-23-18/h3-5,7,9-14H2,1-2H3. The van der Waals surface area contributed by atoms with E-state index >= 15 is 0 Å². The van der Waals surface area contributed by atoms with Gasteiger partial charge in [0.25, 0.3) is 0 Å². The van der Waals surface area contributed by atoms with Crippen LogP contribution in [0.2, 0.25) is 0 Å². The summed E-state index contributed by atoms with van der Waals surface area (Å²) < 4.78 is 16.3. The minimum atomic E-state index is -0.535. The van der Waals surface area contributed by atoms with Crippen molar-refractivity contribution in [1.29, 1.82) is 0 Å². The molecule has 0 N–H and O–H groups in total. The molecular formula is C18H26O5. The van der Waals surface area contributed by atoms with Gasteiger partial charge in [-0.25, -0.2) is 4.79 Å². The first-order valence-corrected chi connectivity index (χ1v) is 8.47. The molecule has 0 radical (unpaired) electrons. The summed E-state index contributed by atoms with van der Waals surface area (Å²) in [5, 5.41) is 0. The van der Waals surface area contributed by atoms with Crippen LogP contribution in [0.5, 0.6) is 0 Å². The smallest absolute Gasteiger partial charge is 0.384 e. The van der Waals surface area contributed by atoms with Crippen molar-refractivity contribution < 1.29 is 23.8 Å². The van der Waals surface area contributed by atoms with E-state index in [1.165, 1.54) is 0 Å². The van der Waals surface area contributed by atoms with Crippen LogP contribution in [0.15, 0.2) is 0 Å². The van der Waals surface area contributed by atoms with Gasteiger partial charge in [0.1, 0.15) is 5.78 Å². The molecule has 2 fully saturated rings. The zero-order chi connectivity index (χ0) is 16.8. The van der Waals surface area contributed by atoms with E-state index < -0.39 is 11.8 Å². The fourth-order valence-electron chi connectivity index (χ4n) is 3.39. The fraction of sp³-hybridized carbons (Fsp3) is 0.778. The average Bonchev–Trinajstić information content (AvgIpc) is 2.95. The summed E-state index contributed by atoms with van der Waals surface area (Å²) in [4.78, 5) is 23.4. The molecule has 5 nitrogen and oxygen atoms in total. The molecule has 23 heavy (non-hydrogen) atoms. The highest BCUT2D eigenvalue weighted by Crippen LogP contribution is 2.46. The lowest BCUT2D eigenvalue weighted by molar-refractivity contribution is -0.201.